The van der Waals surface area contributed by atoms with Gasteiger partial charge in [-0.2, -0.15) is 0 Å². The van der Waals surface area contributed by atoms with E-state index in [2.05, 4.69) is 46.9 Å². The van der Waals surface area contributed by atoms with Gasteiger partial charge in [0.2, 0.25) is 0 Å². The van der Waals surface area contributed by atoms with E-state index in [4.69, 9.17) is 0 Å². The summed E-state index contributed by atoms with van der Waals surface area (Å²) in [5, 5.41) is 3.81. The molecule has 0 radical (unpaired) electrons. The van der Waals surface area contributed by atoms with Gasteiger partial charge < -0.3 is 5.32 Å². The van der Waals surface area contributed by atoms with Crippen molar-refractivity contribution in [1.82, 2.24) is 5.32 Å². The van der Waals surface area contributed by atoms with E-state index in [1.54, 1.807) is 0 Å². The first kappa shape index (κ1) is 14.4. The molecule has 0 aromatic heterocycles. The Labute approximate surface area is 114 Å². The van der Waals surface area contributed by atoms with E-state index >= 15 is 0 Å². The van der Waals surface area contributed by atoms with E-state index in [-0.39, 0.29) is 0 Å². The van der Waals surface area contributed by atoms with E-state index < -0.39 is 0 Å². The zero-order valence-corrected chi connectivity index (χ0v) is 13.3. The molecule has 2 rings (SSSR count). The summed E-state index contributed by atoms with van der Waals surface area (Å²) in [6, 6.07) is 0.735. The molecule has 0 bridgehead atoms. The predicted molar refractivity (Wildman–Crippen MR) is 79.6 cm³/mol. The molecule has 1 saturated heterocycles. The van der Waals surface area contributed by atoms with Crippen LogP contribution in [0.2, 0.25) is 0 Å². The Morgan fingerprint density at radius 3 is 1.83 bits per heavy atom. The summed E-state index contributed by atoms with van der Waals surface area (Å²) >= 11 is 0. The van der Waals surface area contributed by atoms with Gasteiger partial charge >= 0.3 is 0 Å². The van der Waals surface area contributed by atoms with Gasteiger partial charge in [-0.25, -0.2) is 0 Å². The van der Waals surface area contributed by atoms with Gasteiger partial charge in [0.05, 0.1) is 0 Å². The second kappa shape index (κ2) is 5.15. The minimum atomic E-state index is 0.443. The minimum Gasteiger partial charge on any atom is -0.313 e. The lowest BCUT2D eigenvalue weighted by Gasteiger charge is -2.46. The molecule has 0 spiro atoms. The molecule has 0 aromatic rings. The molecule has 106 valence electrons. The van der Waals surface area contributed by atoms with Gasteiger partial charge in [0.1, 0.15) is 0 Å². The Kier molecular flexibility index (Phi) is 4.11. The molecule has 2 aliphatic rings. The maximum atomic E-state index is 3.81. The molecule has 0 aromatic carbocycles. The van der Waals surface area contributed by atoms with Crippen molar-refractivity contribution in [3.8, 4) is 0 Å². The number of hydrogen-bond donors (Lipinski definition) is 1. The predicted octanol–water partition coefficient (Wildman–Crippen LogP) is 4.33. The highest BCUT2D eigenvalue weighted by Crippen LogP contribution is 2.54. The highest BCUT2D eigenvalue weighted by atomic mass is 14.9. The van der Waals surface area contributed by atoms with Crippen LogP contribution in [0.3, 0.4) is 0 Å². The van der Waals surface area contributed by atoms with Gasteiger partial charge in [0.25, 0.3) is 0 Å². The quantitative estimate of drug-likeness (QED) is 0.770. The second-order valence-electron chi connectivity index (χ2n) is 7.79. The van der Waals surface area contributed by atoms with E-state index in [1.807, 2.05) is 0 Å². The third-order valence-electron chi connectivity index (χ3n) is 6.69. The van der Waals surface area contributed by atoms with E-state index in [1.165, 1.54) is 25.8 Å². The second-order valence-corrected chi connectivity index (χ2v) is 7.79. The Morgan fingerprint density at radius 2 is 1.39 bits per heavy atom. The summed E-state index contributed by atoms with van der Waals surface area (Å²) in [4.78, 5) is 0. The maximum Gasteiger partial charge on any atom is 0.0121 e. The molecule has 5 unspecified atom stereocenters. The highest BCUT2D eigenvalue weighted by molar-refractivity contribution is 5.01. The molecule has 1 nitrogen and oxygen atoms in total. The lowest BCUT2D eigenvalue weighted by Crippen LogP contribution is -2.50. The van der Waals surface area contributed by atoms with Gasteiger partial charge in [-0.05, 0) is 54.4 Å². The monoisotopic (exact) mass is 251 g/mol. The molecule has 5 atom stereocenters. The first-order valence-electron chi connectivity index (χ1n) is 8.10. The molecular weight excluding hydrogens is 218 g/mol. The minimum absolute atomic E-state index is 0.443. The van der Waals surface area contributed by atoms with Crippen LogP contribution in [-0.4, -0.2) is 12.6 Å². The summed E-state index contributed by atoms with van der Waals surface area (Å²) in [6.45, 7) is 16.2. The molecule has 1 heteroatoms. The SMILES string of the molecule is CC1C(C)C(C)C(C(C)(C)C2CCCCN2)C1C. The van der Waals surface area contributed by atoms with Gasteiger partial charge in [-0.15, -0.1) is 0 Å². The molecule has 1 heterocycles. The summed E-state index contributed by atoms with van der Waals surface area (Å²) in [7, 11) is 0. The summed E-state index contributed by atoms with van der Waals surface area (Å²) in [6.07, 6.45) is 4.17. The highest BCUT2D eigenvalue weighted by Gasteiger charge is 2.50. The van der Waals surface area contributed by atoms with Crippen molar-refractivity contribution in [2.45, 2.75) is 66.8 Å². The Morgan fingerprint density at radius 1 is 0.833 bits per heavy atom. The topological polar surface area (TPSA) is 12.0 Å². The van der Waals surface area contributed by atoms with Gasteiger partial charge in [0, 0.05) is 6.04 Å². The number of rotatable bonds is 2. The normalized spacial score (nSPS) is 46.3. The molecule has 2 fully saturated rings. The smallest absolute Gasteiger partial charge is 0.0121 e. The first-order valence-corrected chi connectivity index (χ1v) is 8.10. The van der Waals surface area contributed by atoms with Crippen LogP contribution in [-0.2, 0) is 0 Å². The zero-order chi connectivity index (χ0) is 13.5. The fourth-order valence-electron chi connectivity index (χ4n) is 5.16. The lowest BCUT2D eigenvalue weighted by molar-refractivity contribution is 0.0638. The van der Waals surface area contributed by atoms with E-state index in [9.17, 15) is 0 Å². The van der Waals surface area contributed by atoms with Crippen molar-refractivity contribution >= 4 is 0 Å². The fraction of sp³-hybridized carbons (Fsp3) is 1.00. The third-order valence-corrected chi connectivity index (χ3v) is 6.69. The Hall–Kier alpha value is -0.0400. The van der Waals surface area contributed by atoms with Crippen LogP contribution >= 0.6 is 0 Å². The van der Waals surface area contributed by atoms with Crippen LogP contribution in [0.4, 0.5) is 0 Å². The van der Waals surface area contributed by atoms with Crippen LogP contribution < -0.4 is 5.32 Å². The average Bonchev–Trinajstić information content (AvgIpc) is 2.55. The third kappa shape index (κ3) is 2.24. The maximum absolute atomic E-state index is 3.81. The number of piperidine rings is 1. The molecular formula is C17H33N. The van der Waals surface area contributed by atoms with Crippen LogP contribution in [0.5, 0.6) is 0 Å². The standard InChI is InChI=1S/C17H33N/c1-11-12(2)14(4)16(13(11)3)17(5,6)15-9-7-8-10-18-15/h11-16,18H,7-10H2,1-6H3. The summed E-state index contributed by atoms with van der Waals surface area (Å²) < 4.78 is 0. The zero-order valence-electron chi connectivity index (χ0n) is 13.3. The van der Waals surface area contributed by atoms with Crippen LogP contribution in [0.15, 0.2) is 0 Å². The van der Waals surface area contributed by atoms with E-state index in [0.717, 1.165) is 35.6 Å². The van der Waals surface area contributed by atoms with Crippen molar-refractivity contribution < 1.29 is 0 Å². The molecule has 18 heavy (non-hydrogen) atoms. The van der Waals surface area contributed by atoms with Crippen molar-refractivity contribution in [2.24, 2.45) is 35.0 Å². The van der Waals surface area contributed by atoms with Crippen molar-refractivity contribution in [1.29, 1.82) is 0 Å². The van der Waals surface area contributed by atoms with Gasteiger partial charge in [0.15, 0.2) is 0 Å². The molecule has 1 aliphatic heterocycles. The largest absolute Gasteiger partial charge is 0.313 e. The van der Waals surface area contributed by atoms with Gasteiger partial charge in [-0.3, -0.25) is 0 Å². The van der Waals surface area contributed by atoms with Crippen molar-refractivity contribution in [2.75, 3.05) is 6.54 Å². The van der Waals surface area contributed by atoms with E-state index in [0.29, 0.717) is 5.41 Å². The number of hydrogen-bond acceptors (Lipinski definition) is 1. The average molecular weight is 251 g/mol. The number of nitrogens with one attached hydrogen (secondary N) is 1. The van der Waals surface area contributed by atoms with Crippen LogP contribution in [0.1, 0.15) is 60.8 Å². The Bertz CT molecular complexity index is 263. The van der Waals surface area contributed by atoms with Gasteiger partial charge in [-0.1, -0.05) is 48.0 Å². The molecule has 0 amide bonds. The Balaban J connectivity index is 2.17. The summed E-state index contributed by atoms with van der Waals surface area (Å²) in [5.74, 6) is 4.38. The summed E-state index contributed by atoms with van der Waals surface area (Å²) in [5.41, 5.74) is 0.443. The van der Waals surface area contributed by atoms with Crippen molar-refractivity contribution in [3.05, 3.63) is 0 Å². The van der Waals surface area contributed by atoms with Crippen LogP contribution in [0, 0.1) is 35.0 Å². The van der Waals surface area contributed by atoms with Crippen LogP contribution in [0.25, 0.3) is 0 Å². The lowest BCUT2D eigenvalue weighted by atomic mass is 9.64. The first-order chi connectivity index (χ1) is 8.37. The molecule has 1 saturated carbocycles. The molecule has 1 aliphatic carbocycles. The fourth-order valence-corrected chi connectivity index (χ4v) is 5.16. The molecule has 1 N–H and O–H groups in total. The van der Waals surface area contributed by atoms with Crippen molar-refractivity contribution in [3.63, 3.8) is 0 Å².